The molecule has 3 fully saturated rings. The Kier molecular flexibility index (Phi) is 6.45. The fourth-order valence-electron chi connectivity index (χ4n) is 5.24. The highest BCUT2D eigenvalue weighted by Gasteiger charge is 2.39. The molecule has 29 heavy (non-hydrogen) atoms. The Hall–Kier alpha value is -0.820. The van der Waals surface area contributed by atoms with Crippen LogP contribution in [0.25, 0.3) is 0 Å². The lowest BCUT2D eigenvalue weighted by atomic mass is 9.75. The van der Waals surface area contributed by atoms with Crippen molar-refractivity contribution in [2.75, 3.05) is 26.2 Å². The van der Waals surface area contributed by atoms with Crippen LogP contribution in [0, 0.1) is 17.8 Å². The Bertz CT molecular complexity index is 877. The molecular formula is C21H28Cl2N2O3S. The molecule has 8 heteroatoms. The van der Waals surface area contributed by atoms with E-state index in [2.05, 4.69) is 0 Å². The topological polar surface area (TPSA) is 57.7 Å². The van der Waals surface area contributed by atoms with Crippen LogP contribution < -0.4 is 0 Å². The maximum Gasteiger partial charge on any atom is 0.244 e. The first kappa shape index (κ1) is 21.4. The number of carbonyl (C=O) groups excluding carboxylic acids is 1. The summed E-state index contributed by atoms with van der Waals surface area (Å²) in [4.78, 5) is 15.2. The van der Waals surface area contributed by atoms with Crippen LogP contribution in [0.3, 0.4) is 0 Å². The van der Waals surface area contributed by atoms with Gasteiger partial charge in [0.25, 0.3) is 0 Å². The molecule has 0 bridgehead atoms. The van der Waals surface area contributed by atoms with Crippen molar-refractivity contribution in [1.29, 1.82) is 0 Å². The van der Waals surface area contributed by atoms with E-state index in [1.165, 1.54) is 36.1 Å². The van der Waals surface area contributed by atoms with Crippen molar-refractivity contribution >= 4 is 39.1 Å². The minimum absolute atomic E-state index is 0.0165. The summed E-state index contributed by atoms with van der Waals surface area (Å²) in [5.41, 5.74) is 0. The van der Waals surface area contributed by atoms with E-state index in [4.69, 9.17) is 23.2 Å². The van der Waals surface area contributed by atoms with Crippen molar-refractivity contribution < 1.29 is 13.2 Å². The number of sulfonamides is 1. The first-order valence-electron chi connectivity index (χ1n) is 10.6. The normalized spacial score (nSPS) is 28.8. The summed E-state index contributed by atoms with van der Waals surface area (Å²) in [5, 5.41) is 0.259. The molecule has 3 atom stereocenters. The highest BCUT2D eigenvalue weighted by atomic mass is 35.5. The highest BCUT2D eigenvalue weighted by Crippen LogP contribution is 2.37. The second-order valence-corrected chi connectivity index (χ2v) is 11.3. The van der Waals surface area contributed by atoms with Crippen molar-refractivity contribution in [2.24, 2.45) is 17.8 Å². The molecule has 2 aliphatic heterocycles. The summed E-state index contributed by atoms with van der Waals surface area (Å²) in [6.45, 7) is 2.27. The smallest absolute Gasteiger partial charge is 0.244 e. The van der Waals surface area contributed by atoms with Crippen LogP contribution in [0.1, 0.15) is 44.9 Å². The molecule has 1 aliphatic carbocycles. The Labute approximate surface area is 183 Å². The van der Waals surface area contributed by atoms with Crippen molar-refractivity contribution in [3.8, 4) is 0 Å². The number of fused-ring (bicyclic) bond motifs is 1. The predicted octanol–water partition coefficient (Wildman–Crippen LogP) is 4.43. The van der Waals surface area contributed by atoms with Crippen LogP contribution in [0.2, 0.25) is 10.0 Å². The van der Waals surface area contributed by atoms with E-state index in [0.29, 0.717) is 18.9 Å². The maximum atomic E-state index is 13.2. The van der Waals surface area contributed by atoms with Gasteiger partial charge in [-0.15, -0.1) is 0 Å². The monoisotopic (exact) mass is 458 g/mol. The van der Waals surface area contributed by atoms with Crippen molar-refractivity contribution in [3.63, 3.8) is 0 Å². The van der Waals surface area contributed by atoms with E-state index in [9.17, 15) is 13.2 Å². The molecule has 0 spiro atoms. The van der Waals surface area contributed by atoms with Gasteiger partial charge in [0.2, 0.25) is 15.9 Å². The van der Waals surface area contributed by atoms with Crippen LogP contribution in [0.4, 0.5) is 0 Å². The molecule has 0 radical (unpaired) electrons. The molecule has 1 saturated carbocycles. The largest absolute Gasteiger partial charge is 0.342 e. The minimum Gasteiger partial charge on any atom is -0.342 e. The summed E-state index contributed by atoms with van der Waals surface area (Å²) < 4.78 is 27.7. The second kappa shape index (κ2) is 8.74. The number of amides is 1. The van der Waals surface area contributed by atoms with Gasteiger partial charge in [0.05, 0.1) is 16.0 Å². The molecule has 2 saturated heterocycles. The fourth-order valence-corrected chi connectivity index (χ4v) is 7.50. The molecule has 1 amide bonds. The molecule has 2 heterocycles. The van der Waals surface area contributed by atoms with Crippen molar-refractivity contribution in [1.82, 2.24) is 9.21 Å². The van der Waals surface area contributed by atoms with Gasteiger partial charge in [0, 0.05) is 26.2 Å². The first-order chi connectivity index (χ1) is 13.9. The van der Waals surface area contributed by atoms with Crippen LogP contribution in [0.5, 0.6) is 0 Å². The van der Waals surface area contributed by atoms with Gasteiger partial charge in [-0.3, -0.25) is 4.79 Å². The van der Waals surface area contributed by atoms with E-state index in [1.807, 2.05) is 4.90 Å². The summed E-state index contributed by atoms with van der Waals surface area (Å²) in [7, 11) is -3.79. The van der Waals surface area contributed by atoms with E-state index in [-0.39, 0.29) is 33.3 Å². The first-order valence-corrected chi connectivity index (χ1v) is 12.8. The fraction of sp³-hybridized carbons (Fsp3) is 0.667. The number of halogens is 2. The molecule has 0 N–H and O–H groups in total. The quantitative estimate of drug-likeness (QED) is 0.672. The minimum atomic E-state index is -3.79. The van der Waals surface area contributed by atoms with Gasteiger partial charge in [-0.05, 0) is 49.7 Å². The molecule has 5 nitrogen and oxygen atoms in total. The molecule has 3 aliphatic rings. The van der Waals surface area contributed by atoms with Crippen molar-refractivity contribution in [2.45, 2.75) is 49.8 Å². The third-order valence-corrected chi connectivity index (χ3v) is 9.71. The molecule has 1 aromatic carbocycles. The van der Waals surface area contributed by atoms with Gasteiger partial charge < -0.3 is 4.90 Å². The maximum absolute atomic E-state index is 13.2. The number of likely N-dealkylation sites (tertiary alicyclic amines) is 1. The number of rotatable bonds is 3. The summed E-state index contributed by atoms with van der Waals surface area (Å²) in [6.07, 6.45) is 7.58. The predicted molar refractivity (Wildman–Crippen MR) is 115 cm³/mol. The number of piperidine rings is 2. The molecule has 1 unspecified atom stereocenters. The van der Waals surface area contributed by atoms with Crippen LogP contribution in [-0.4, -0.2) is 49.7 Å². The zero-order chi connectivity index (χ0) is 20.6. The summed E-state index contributed by atoms with van der Waals surface area (Å²) in [6, 6.07) is 4.63. The SMILES string of the molecule is O=C(C1CCCN(S(=O)(=O)c2cccc(Cl)c2Cl)C1)N1CC[C@H]2CCCC[C@@H]2C1. The lowest BCUT2D eigenvalue weighted by molar-refractivity contribution is -0.139. The van der Waals surface area contributed by atoms with Crippen LogP contribution in [0.15, 0.2) is 23.1 Å². The number of hydrogen-bond donors (Lipinski definition) is 0. The van der Waals surface area contributed by atoms with Crippen LogP contribution in [-0.2, 0) is 14.8 Å². The lowest BCUT2D eigenvalue weighted by Crippen LogP contribution is -2.50. The Balaban J connectivity index is 1.46. The molecule has 4 rings (SSSR count). The summed E-state index contributed by atoms with van der Waals surface area (Å²) in [5.74, 6) is 1.22. The Morgan fingerprint density at radius 1 is 0.931 bits per heavy atom. The standard InChI is InChI=1S/C21H28Cl2N2O3S/c22-18-8-3-9-19(20(18)23)29(27,28)25-11-4-7-17(14-25)21(26)24-12-10-15-5-1-2-6-16(15)13-24/h3,8-9,15-17H,1-2,4-7,10-14H2/t15-,16-,17?/m1/s1. The van der Waals surface area contributed by atoms with Gasteiger partial charge >= 0.3 is 0 Å². The molecule has 160 valence electrons. The second-order valence-electron chi connectivity index (χ2n) is 8.63. The number of nitrogens with zero attached hydrogens (tertiary/aromatic N) is 2. The average Bonchev–Trinajstić information content (AvgIpc) is 2.74. The van der Waals surface area contributed by atoms with Gasteiger partial charge in [0.15, 0.2) is 0 Å². The Morgan fingerprint density at radius 3 is 2.48 bits per heavy atom. The molecular weight excluding hydrogens is 431 g/mol. The zero-order valence-electron chi connectivity index (χ0n) is 16.5. The van der Waals surface area contributed by atoms with Gasteiger partial charge in [-0.1, -0.05) is 48.5 Å². The van der Waals surface area contributed by atoms with E-state index < -0.39 is 10.0 Å². The van der Waals surface area contributed by atoms with Gasteiger partial charge in [0.1, 0.15) is 4.90 Å². The number of carbonyl (C=O) groups is 1. The van der Waals surface area contributed by atoms with Crippen LogP contribution >= 0.6 is 23.2 Å². The summed E-state index contributed by atoms with van der Waals surface area (Å²) >= 11 is 12.2. The average molecular weight is 459 g/mol. The van der Waals surface area contributed by atoms with E-state index >= 15 is 0 Å². The highest BCUT2D eigenvalue weighted by molar-refractivity contribution is 7.89. The van der Waals surface area contributed by atoms with Gasteiger partial charge in [-0.2, -0.15) is 4.31 Å². The lowest BCUT2D eigenvalue weighted by Gasteiger charge is -2.43. The van der Waals surface area contributed by atoms with E-state index in [0.717, 1.165) is 31.8 Å². The zero-order valence-corrected chi connectivity index (χ0v) is 18.9. The molecule has 1 aromatic rings. The Morgan fingerprint density at radius 2 is 1.69 bits per heavy atom. The third kappa shape index (κ3) is 4.32. The number of hydrogen-bond acceptors (Lipinski definition) is 3. The molecule has 0 aromatic heterocycles. The number of benzene rings is 1. The van der Waals surface area contributed by atoms with Gasteiger partial charge in [-0.25, -0.2) is 8.42 Å². The van der Waals surface area contributed by atoms with E-state index in [1.54, 1.807) is 12.1 Å². The van der Waals surface area contributed by atoms with Crippen molar-refractivity contribution in [3.05, 3.63) is 28.2 Å². The third-order valence-electron chi connectivity index (χ3n) is 6.87.